The zero-order valence-electron chi connectivity index (χ0n) is 13.0. The monoisotopic (exact) mass is 275 g/mol. The van der Waals surface area contributed by atoms with Crippen molar-refractivity contribution < 1.29 is 0 Å². The molecule has 3 nitrogen and oxygen atoms in total. The van der Waals surface area contributed by atoms with E-state index in [1.54, 1.807) is 0 Å². The van der Waals surface area contributed by atoms with Gasteiger partial charge in [0.25, 0.3) is 0 Å². The number of hydrogen-bond donors (Lipinski definition) is 1. The van der Waals surface area contributed by atoms with Crippen molar-refractivity contribution in [3.63, 3.8) is 0 Å². The van der Waals surface area contributed by atoms with E-state index in [1.807, 2.05) is 0 Å². The molecular weight excluding hydrogens is 246 g/mol. The van der Waals surface area contributed by atoms with Crippen molar-refractivity contribution in [2.75, 3.05) is 6.54 Å². The van der Waals surface area contributed by atoms with Crippen molar-refractivity contribution in [1.82, 2.24) is 15.1 Å². The van der Waals surface area contributed by atoms with Gasteiger partial charge in [-0.15, -0.1) is 0 Å². The van der Waals surface area contributed by atoms with E-state index >= 15 is 0 Å². The van der Waals surface area contributed by atoms with E-state index in [4.69, 9.17) is 5.10 Å². The minimum absolute atomic E-state index is 0.636. The van der Waals surface area contributed by atoms with Gasteiger partial charge in [-0.05, 0) is 50.1 Å². The first kappa shape index (κ1) is 14.1. The van der Waals surface area contributed by atoms with Crippen LogP contribution in [-0.4, -0.2) is 22.4 Å². The van der Waals surface area contributed by atoms with E-state index in [0.717, 1.165) is 24.8 Å². The molecule has 2 saturated carbocycles. The Morgan fingerprint density at radius 2 is 2.15 bits per heavy atom. The molecular formula is C17H29N3. The van der Waals surface area contributed by atoms with Gasteiger partial charge in [0.05, 0.1) is 11.7 Å². The molecule has 2 aliphatic carbocycles. The van der Waals surface area contributed by atoms with Crippen LogP contribution in [0.2, 0.25) is 0 Å². The smallest absolute Gasteiger partial charge is 0.0640 e. The summed E-state index contributed by atoms with van der Waals surface area (Å²) in [5.41, 5.74) is 1.28. The third-order valence-corrected chi connectivity index (χ3v) is 5.14. The summed E-state index contributed by atoms with van der Waals surface area (Å²) in [6.07, 6.45) is 11.3. The minimum atomic E-state index is 0.636. The van der Waals surface area contributed by atoms with E-state index in [2.05, 4.69) is 36.1 Å². The third-order valence-electron chi connectivity index (χ3n) is 5.14. The predicted molar refractivity (Wildman–Crippen MR) is 82.8 cm³/mol. The van der Waals surface area contributed by atoms with Crippen LogP contribution in [0.25, 0.3) is 0 Å². The number of hydrogen-bond acceptors (Lipinski definition) is 2. The Kier molecular flexibility index (Phi) is 4.45. The third kappa shape index (κ3) is 3.25. The molecule has 0 aromatic carbocycles. The first-order valence-electron chi connectivity index (χ1n) is 8.55. The van der Waals surface area contributed by atoms with Crippen molar-refractivity contribution in [3.8, 4) is 0 Å². The molecule has 1 N–H and O–H groups in total. The van der Waals surface area contributed by atoms with Gasteiger partial charge in [-0.3, -0.25) is 4.68 Å². The van der Waals surface area contributed by atoms with Gasteiger partial charge in [0.2, 0.25) is 0 Å². The summed E-state index contributed by atoms with van der Waals surface area (Å²) in [5.74, 6) is 1.78. The Morgan fingerprint density at radius 1 is 1.40 bits per heavy atom. The van der Waals surface area contributed by atoms with Crippen LogP contribution in [0.15, 0.2) is 12.3 Å². The molecule has 3 unspecified atom stereocenters. The summed E-state index contributed by atoms with van der Waals surface area (Å²) in [6.45, 7) is 5.76. The molecule has 1 heterocycles. The summed E-state index contributed by atoms with van der Waals surface area (Å²) in [6, 6.07) is 3.55. The first-order chi connectivity index (χ1) is 9.78. The summed E-state index contributed by atoms with van der Waals surface area (Å²) < 4.78 is 2.23. The number of aromatic nitrogens is 2. The molecule has 20 heavy (non-hydrogen) atoms. The molecule has 2 fully saturated rings. The maximum atomic E-state index is 4.85. The zero-order chi connectivity index (χ0) is 13.9. The SMILES string of the molecule is CCCNC(Cc1ccn(C2CCCC2)n1)C1CC1C. The molecule has 3 atom stereocenters. The van der Waals surface area contributed by atoms with Gasteiger partial charge < -0.3 is 5.32 Å². The standard InChI is InChI=1S/C17H29N3/c1-3-9-18-17(16-11-13(16)2)12-14-8-10-20(19-14)15-6-4-5-7-15/h8,10,13,15-18H,3-7,9,11-12H2,1-2H3. The van der Waals surface area contributed by atoms with Gasteiger partial charge in [-0.25, -0.2) is 0 Å². The molecule has 0 spiro atoms. The highest BCUT2D eigenvalue weighted by molar-refractivity contribution is 5.06. The molecule has 3 heteroatoms. The van der Waals surface area contributed by atoms with Gasteiger partial charge >= 0.3 is 0 Å². The molecule has 1 aromatic heterocycles. The highest BCUT2D eigenvalue weighted by atomic mass is 15.3. The number of nitrogens with one attached hydrogen (secondary N) is 1. The van der Waals surface area contributed by atoms with Gasteiger partial charge in [0.15, 0.2) is 0 Å². The summed E-state index contributed by atoms with van der Waals surface area (Å²) in [5, 5.41) is 8.59. The van der Waals surface area contributed by atoms with E-state index in [-0.39, 0.29) is 0 Å². The van der Waals surface area contributed by atoms with E-state index in [9.17, 15) is 0 Å². The lowest BCUT2D eigenvalue weighted by Crippen LogP contribution is -2.34. The van der Waals surface area contributed by atoms with Gasteiger partial charge in [0.1, 0.15) is 0 Å². The van der Waals surface area contributed by atoms with Crippen molar-refractivity contribution >= 4 is 0 Å². The van der Waals surface area contributed by atoms with Crippen molar-refractivity contribution in [3.05, 3.63) is 18.0 Å². The largest absolute Gasteiger partial charge is 0.313 e. The topological polar surface area (TPSA) is 29.9 Å². The normalized spacial score (nSPS) is 27.9. The molecule has 112 valence electrons. The quantitative estimate of drug-likeness (QED) is 0.824. The molecule has 0 aliphatic heterocycles. The Morgan fingerprint density at radius 3 is 2.80 bits per heavy atom. The lowest BCUT2D eigenvalue weighted by molar-refractivity contribution is 0.428. The Hall–Kier alpha value is -0.830. The van der Waals surface area contributed by atoms with Gasteiger partial charge in [-0.2, -0.15) is 5.10 Å². The summed E-state index contributed by atoms with van der Waals surface area (Å²) in [4.78, 5) is 0. The molecule has 0 bridgehead atoms. The molecule has 0 radical (unpaired) electrons. The second kappa shape index (κ2) is 6.30. The fourth-order valence-electron chi connectivity index (χ4n) is 3.70. The van der Waals surface area contributed by atoms with Crippen LogP contribution in [0, 0.1) is 11.8 Å². The maximum absolute atomic E-state index is 4.85. The number of nitrogens with zero attached hydrogens (tertiary/aromatic N) is 2. The average Bonchev–Trinajstić information content (AvgIpc) is 2.92. The van der Waals surface area contributed by atoms with Crippen LogP contribution in [-0.2, 0) is 6.42 Å². The Bertz CT molecular complexity index is 420. The van der Waals surface area contributed by atoms with Crippen LogP contribution < -0.4 is 5.32 Å². The molecule has 1 aromatic rings. The van der Waals surface area contributed by atoms with Crippen LogP contribution in [0.5, 0.6) is 0 Å². The molecule has 3 rings (SSSR count). The minimum Gasteiger partial charge on any atom is -0.313 e. The maximum Gasteiger partial charge on any atom is 0.0640 e. The fourth-order valence-corrected chi connectivity index (χ4v) is 3.70. The average molecular weight is 275 g/mol. The number of rotatable bonds is 7. The summed E-state index contributed by atoms with van der Waals surface area (Å²) >= 11 is 0. The van der Waals surface area contributed by atoms with Gasteiger partial charge in [0, 0.05) is 18.7 Å². The zero-order valence-corrected chi connectivity index (χ0v) is 13.0. The second-order valence-electron chi connectivity index (χ2n) is 6.87. The summed E-state index contributed by atoms with van der Waals surface area (Å²) in [7, 11) is 0. The van der Waals surface area contributed by atoms with Crippen molar-refractivity contribution in [2.24, 2.45) is 11.8 Å². The second-order valence-corrected chi connectivity index (χ2v) is 6.87. The Balaban J connectivity index is 1.59. The lowest BCUT2D eigenvalue weighted by atomic mass is 10.1. The van der Waals surface area contributed by atoms with Crippen LogP contribution in [0.4, 0.5) is 0 Å². The first-order valence-corrected chi connectivity index (χ1v) is 8.55. The fraction of sp³-hybridized carbons (Fsp3) is 0.824. The van der Waals surface area contributed by atoms with Crippen LogP contribution in [0.1, 0.15) is 64.1 Å². The van der Waals surface area contributed by atoms with E-state index in [0.29, 0.717) is 12.1 Å². The van der Waals surface area contributed by atoms with Crippen molar-refractivity contribution in [1.29, 1.82) is 0 Å². The van der Waals surface area contributed by atoms with Crippen LogP contribution >= 0.6 is 0 Å². The van der Waals surface area contributed by atoms with Gasteiger partial charge in [-0.1, -0.05) is 26.7 Å². The highest BCUT2D eigenvalue weighted by Crippen LogP contribution is 2.41. The van der Waals surface area contributed by atoms with E-state index in [1.165, 1.54) is 44.2 Å². The highest BCUT2D eigenvalue weighted by Gasteiger charge is 2.39. The Labute approximate surface area is 123 Å². The lowest BCUT2D eigenvalue weighted by Gasteiger charge is -2.17. The van der Waals surface area contributed by atoms with Crippen molar-refractivity contribution in [2.45, 2.75) is 70.9 Å². The molecule has 0 saturated heterocycles. The molecule has 2 aliphatic rings. The van der Waals surface area contributed by atoms with E-state index < -0.39 is 0 Å². The molecule has 0 amide bonds. The predicted octanol–water partition coefficient (Wildman–Crippen LogP) is 3.56. The van der Waals surface area contributed by atoms with Crippen LogP contribution in [0.3, 0.4) is 0 Å².